The summed E-state index contributed by atoms with van der Waals surface area (Å²) < 4.78 is 10.5. The molecule has 1 amide bonds. The van der Waals surface area contributed by atoms with Gasteiger partial charge in [-0.3, -0.25) is 4.79 Å². The standard InChI is InChI=1S/C16H26N2O3/c1-5-6-13(17)10-16(19)18-11(2)12-7-8-14(20-3)15(9-12)21-4/h7-9,11,13H,5-6,10,17H2,1-4H3,(H,18,19). The number of benzene rings is 1. The Kier molecular flexibility index (Phi) is 7.02. The Morgan fingerprint density at radius 1 is 1.29 bits per heavy atom. The zero-order valence-electron chi connectivity index (χ0n) is 13.3. The van der Waals surface area contributed by atoms with Gasteiger partial charge in [-0.15, -0.1) is 0 Å². The van der Waals surface area contributed by atoms with Crippen molar-refractivity contribution in [1.29, 1.82) is 0 Å². The van der Waals surface area contributed by atoms with E-state index in [1.54, 1.807) is 14.2 Å². The normalized spacial score (nSPS) is 13.4. The topological polar surface area (TPSA) is 73.6 Å². The van der Waals surface area contributed by atoms with Crippen molar-refractivity contribution in [2.75, 3.05) is 14.2 Å². The summed E-state index contributed by atoms with van der Waals surface area (Å²) in [5.41, 5.74) is 6.85. The number of nitrogens with one attached hydrogen (secondary N) is 1. The first kappa shape index (κ1) is 17.3. The van der Waals surface area contributed by atoms with Crippen molar-refractivity contribution < 1.29 is 14.3 Å². The minimum atomic E-state index is -0.105. The Hall–Kier alpha value is -1.75. The molecule has 1 aromatic carbocycles. The van der Waals surface area contributed by atoms with E-state index < -0.39 is 0 Å². The average Bonchev–Trinajstić information content (AvgIpc) is 2.46. The van der Waals surface area contributed by atoms with Crippen LogP contribution in [0.25, 0.3) is 0 Å². The van der Waals surface area contributed by atoms with Gasteiger partial charge in [-0.05, 0) is 31.0 Å². The SMILES string of the molecule is CCCC(N)CC(=O)NC(C)c1ccc(OC)c(OC)c1. The van der Waals surface area contributed by atoms with Crippen LogP contribution in [0.2, 0.25) is 0 Å². The van der Waals surface area contributed by atoms with Crippen LogP contribution in [0.5, 0.6) is 11.5 Å². The van der Waals surface area contributed by atoms with Gasteiger partial charge in [0, 0.05) is 12.5 Å². The molecule has 0 saturated heterocycles. The maximum absolute atomic E-state index is 11.9. The molecule has 0 aliphatic heterocycles. The highest BCUT2D eigenvalue weighted by Gasteiger charge is 2.14. The van der Waals surface area contributed by atoms with Gasteiger partial charge in [0.2, 0.25) is 5.91 Å². The molecule has 1 aromatic rings. The maximum Gasteiger partial charge on any atom is 0.222 e. The largest absolute Gasteiger partial charge is 0.493 e. The van der Waals surface area contributed by atoms with E-state index in [4.69, 9.17) is 15.2 Å². The Balaban J connectivity index is 2.66. The molecular weight excluding hydrogens is 268 g/mol. The molecular formula is C16H26N2O3. The number of nitrogens with two attached hydrogens (primary N) is 1. The predicted molar refractivity (Wildman–Crippen MR) is 83.6 cm³/mol. The van der Waals surface area contributed by atoms with Gasteiger partial charge in [0.1, 0.15) is 0 Å². The molecule has 1 rings (SSSR count). The molecule has 0 fully saturated rings. The van der Waals surface area contributed by atoms with E-state index in [0.717, 1.165) is 18.4 Å². The van der Waals surface area contributed by atoms with Crippen LogP contribution < -0.4 is 20.5 Å². The van der Waals surface area contributed by atoms with Gasteiger partial charge in [0.25, 0.3) is 0 Å². The van der Waals surface area contributed by atoms with Crippen LogP contribution in [0.3, 0.4) is 0 Å². The minimum Gasteiger partial charge on any atom is -0.493 e. The zero-order valence-corrected chi connectivity index (χ0v) is 13.3. The molecule has 2 unspecified atom stereocenters. The molecule has 0 aromatic heterocycles. The van der Waals surface area contributed by atoms with Crippen LogP contribution in [0, 0.1) is 0 Å². The fraction of sp³-hybridized carbons (Fsp3) is 0.562. The number of rotatable bonds is 8. The van der Waals surface area contributed by atoms with Gasteiger partial charge in [0.05, 0.1) is 20.3 Å². The van der Waals surface area contributed by atoms with E-state index in [-0.39, 0.29) is 18.0 Å². The van der Waals surface area contributed by atoms with Gasteiger partial charge in [-0.1, -0.05) is 19.4 Å². The van der Waals surface area contributed by atoms with E-state index in [1.165, 1.54) is 0 Å². The number of methoxy groups -OCH3 is 2. The van der Waals surface area contributed by atoms with Crippen molar-refractivity contribution in [2.24, 2.45) is 5.73 Å². The van der Waals surface area contributed by atoms with Crippen molar-refractivity contribution in [3.05, 3.63) is 23.8 Å². The van der Waals surface area contributed by atoms with Crippen molar-refractivity contribution in [3.63, 3.8) is 0 Å². The summed E-state index contributed by atoms with van der Waals surface area (Å²) in [6.45, 7) is 3.99. The van der Waals surface area contributed by atoms with E-state index >= 15 is 0 Å². The summed E-state index contributed by atoms with van der Waals surface area (Å²) in [5.74, 6) is 1.29. The lowest BCUT2D eigenvalue weighted by Gasteiger charge is -2.18. The third kappa shape index (κ3) is 5.27. The molecule has 0 bridgehead atoms. The van der Waals surface area contributed by atoms with Crippen molar-refractivity contribution in [2.45, 2.75) is 45.2 Å². The molecule has 0 saturated carbocycles. The summed E-state index contributed by atoms with van der Waals surface area (Å²) in [7, 11) is 3.19. The van der Waals surface area contributed by atoms with Crippen molar-refractivity contribution >= 4 is 5.91 Å². The number of hydrogen-bond acceptors (Lipinski definition) is 4. The first-order valence-electron chi connectivity index (χ1n) is 7.28. The Bertz CT molecular complexity index is 463. The maximum atomic E-state index is 11.9. The van der Waals surface area contributed by atoms with Gasteiger partial charge in [0.15, 0.2) is 11.5 Å². The summed E-state index contributed by atoms with van der Waals surface area (Å²) >= 11 is 0. The fourth-order valence-electron chi connectivity index (χ4n) is 2.22. The van der Waals surface area contributed by atoms with Crippen LogP contribution in [0.4, 0.5) is 0 Å². The summed E-state index contributed by atoms with van der Waals surface area (Å²) in [6, 6.07) is 5.44. The van der Waals surface area contributed by atoms with E-state index in [1.807, 2.05) is 25.1 Å². The molecule has 5 heteroatoms. The van der Waals surface area contributed by atoms with E-state index in [0.29, 0.717) is 17.9 Å². The predicted octanol–water partition coefficient (Wildman–Crippen LogP) is 2.40. The van der Waals surface area contributed by atoms with Gasteiger partial charge in [-0.25, -0.2) is 0 Å². The van der Waals surface area contributed by atoms with Crippen LogP contribution in [-0.4, -0.2) is 26.2 Å². The van der Waals surface area contributed by atoms with Gasteiger partial charge in [-0.2, -0.15) is 0 Å². The third-order valence-electron chi connectivity index (χ3n) is 3.39. The van der Waals surface area contributed by atoms with Crippen LogP contribution in [-0.2, 0) is 4.79 Å². The number of amides is 1. The molecule has 3 N–H and O–H groups in total. The molecule has 0 heterocycles. The molecule has 0 radical (unpaired) electrons. The molecule has 2 atom stereocenters. The number of hydrogen-bond donors (Lipinski definition) is 2. The molecule has 0 spiro atoms. The quantitative estimate of drug-likeness (QED) is 0.772. The second-order valence-electron chi connectivity index (χ2n) is 5.16. The third-order valence-corrected chi connectivity index (χ3v) is 3.39. The van der Waals surface area contributed by atoms with Gasteiger partial charge < -0.3 is 20.5 Å². The number of ether oxygens (including phenoxy) is 2. The Morgan fingerprint density at radius 2 is 1.95 bits per heavy atom. The second kappa shape index (κ2) is 8.52. The molecule has 0 aliphatic carbocycles. The summed E-state index contributed by atoms with van der Waals surface area (Å²) in [6.07, 6.45) is 2.20. The first-order chi connectivity index (χ1) is 10.0. The van der Waals surface area contributed by atoms with Crippen LogP contribution in [0.1, 0.15) is 44.7 Å². The lowest BCUT2D eigenvalue weighted by Crippen LogP contribution is -2.33. The van der Waals surface area contributed by atoms with Gasteiger partial charge >= 0.3 is 0 Å². The van der Waals surface area contributed by atoms with Crippen molar-refractivity contribution in [1.82, 2.24) is 5.32 Å². The van der Waals surface area contributed by atoms with Crippen molar-refractivity contribution in [3.8, 4) is 11.5 Å². The number of carbonyl (C=O) groups is 1. The highest BCUT2D eigenvalue weighted by Crippen LogP contribution is 2.29. The minimum absolute atomic E-state index is 0.0294. The van der Waals surface area contributed by atoms with Crippen LogP contribution >= 0.6 is 0 Å². The monoisotopic (exact) mass is 294 g/mol. The van der Waals surface area contributed by atoms with E-state index in [2.05, 4.69) is 12.2 Å². The second-order valence-corrected chi connectivity index (χ2v) is 5.16. The molecule has 118 valence electrons. The van der Waals surface area contributed by atoms with E-state index in [9.17, 15) is 4.79 Å². The zero-order chi connectivity index (χ0) is 15.8. The first-order valence-corrected chi connectivity index (χ1v) is 7.28. The summed E-state index contributed by atoms with van der Waals surface area (Å²) in [4.78, 5) is 11.9. The Labute approximate surface area is 126 Å². The molecule has 21 heavy (non-hydrogen) atoms. The number of carbonyl (C=O) groups excluding carboxylic acids is 1. The lowest BCUT2D eigenvalue weighted by molar-refractivity contribution is -0.122. The highest BCUT2D eigenvalue weighted by atomic mass is 16.5. The molecule has 5 nitrogen and oxygen atoms in total. The molecule has 0 aliphatic rings. The van der Waals surface area contributed by atoms with Crippen LogP contribution in [0.15, 0.2) is 18.2 Å². The summed E-state index contributed by atoms with van der Waals surface area (Å²) in [5, 5.41) is 2.96. The fourth-order valence-corrected chi connectivity index (χ4v) is 2.22. The highest BCUT2D eigenvalue weighted by molar-refractivity contribution is 5.77. The lowest BCUT2D eigenvalue weighted by atomic mass is 10.1. The average molecular weight is 294 g/mol. The smallest absolute Gasteiger partial charge is 0.222 e. The Morgan fingerprint density at radius 3 is 2.52 bits per heavy atom.